The van der Waals surface area contributed by atoms with E-state index in [1.54, 1.807) is 10.7 Å². The zero-order valence-electron chi connectivity index (χ0n) is 13.4. The minimum absolute atomic E-state index is 0.00882. The molecule has 9 heteroatoms. The molecule has 2 amide bonds. The highest BCUT2D eigenvalue weighted by molar-refractivity contribution is 6.00. The van der Waals surface area contributed by atoms with Gasteiger partial charge in [0.25, 0.3) is 0 Å². The number of pyridine rings is 1. The van der Waals surface area contributed by atoms with Crippen molar-refractivity contribution in [2.45, 2.75) is 24.9 Å². The van der Waals surface area contributed by atoms with E-state index in [0.29, 0.717) is 11.6 Å². The zero-order valence-corrected chi connectivity index (χ0v) is 13.4. The molecule has 0 unspecified atom stereocenters. The molecule has 0 atom stereocenters. The van der Waals surface area contributed by atoms with Gasteiger partial charge in [-0.25, -0.2) is 9.31 Å². The number of aromatic nitrogens is 3. The number of carbonyl (C=O) groups excluding carboxylic acids is 1. The molecule has 0 radical (unpaired) electrons. The molecule has 3 heterocycles. The highest BCUT2D eigenvalue weighted by atomic mass is 19.4. The Hall–Kier alpha value is -3.10. The van der Waals surface area contributed by atoms with Crippen LogP contribution in [0.5, 0.6) is 0 Å². The van der Waals surface area contributed by atoms with Crippen LogP contribution in [0.2, 0.25) is 0 Å². The molecule has 0 saturated heterocycles. The minimum Gasteiger partial charge on any atom is -0.308 e. The number of carbonyl (C=O) groups is 1. The third kappa shape index (κ3) is 3.19. The lowest BCUT2D eigenvalue weighted by molar-refractivity contribution is -0.141. The lowest BCUT2D eigenvalue weighted by atomic mass is 10.1. The van der Waals surface area contributed by atoms with Crippen LogP contribution < -0.4 is 10.6 Å². The summed E-state index contributed by atoms with van der Waals surface area (Å²) in [4.78, 5) is 15.5. The molecule has 3 aromatic heterocycles. The summed E-state index contributed by atoms with van der Waals surface area (Å²) >= 11 is 0. The Bertz CT molecular complexity index is 978. The molecule has 2 N–H and O–H groups in total. The third-order valence-electron chi connectivity index (χ3n) is 4.15. The summed E-state index contributed by atoms with van der Waals surface area (Å²) in [5, 5.41) is 9.33. The summed E-state index contributed by atoms with van der Waals surface area (Å²) in [5.41, 5.74) is 1.40. The molecule has 26 heavy (non-hydrogen) atoms. The Morgan fingerprint density at radius 1 is 1.23 bits per heavy atom. The van der Waals surface area contributed by atoms with Crippen LogP contribution in [0.25, 0.3) is 5.52 Å². The van der Waals surface area contributed by atoms with E-state index in [9.17, 15) is 18.0 Å². The van der Waals surface area contributed by atoms with Crippen molar-refractivity contribution < 1.29 is 18.0 Å². The summed E-state index contributed by atoms with van der Waals surface area (Å²) in [6, 6.07) is 5.24. The van der Waals surface area contributed by atoms with E-state index in [2.05, 4.69) is 20.7 Å². The monoisotopic (exact) mass is 361 g/mol. The SMILES string of the molecule is O=C(Nc1ccnc(C(F)(F)F)c1)Nc1cnn2cccc2c1C1CC1. The first-order valence-corrected chi connectivity index (χ1v) is 7.99. The number of hydrogen-bond acceptors (Lipinski definition) is 3. The molecule has 0 bridgehead atoms. The van der Waals surface area contributed by atoms with Gasteiger partial charge in [0.2, 0.25) is 0 Å². The highest BCUT2D eigenvalue weighted by Gasteiger charge is 2.33. The Morgan fingerprint density at radius 3 is 2.77 bits per heavy atom. The first-order chi connectivity index (χ1) is 12.4. The first kappa shape index (κ1) is 16.4. The van der Waals surface area contributed by atoms with Gasteiger partial charge in [0.1, 0.15) is 5.69 Å². The van der Waals surface area contributed by atoms with E-state index in [1.165, 1.54) is 6.07 Å². The summed E-state index contributed by atoms with van der Waals surface area (Å²) in [6.45, 7) is 0. The summed E-state index contributed by atoms with van der Waals surface area (Å²) in [5.74, 6) is 0.350. The quantitative estimate of drug-likeness (QED) is 0.732. The molecule has 1 saturated carbocycles. The van der Waals surface area contributed by atoms with Gasteiger partial charge >= 0.3 is 12.2 Å². The van der Waals surface area contributed by atoms with Crippen LogP contribution in [0, 0.1) is 0 Å². The van der Waals surface area contributed by atoms with Crippen LogP contribution in [0.4, 0.5) is 29.3 Å². The summed E-state index contributed by atoms with van der Waals surface area (Å²) in [7, 11) is 0. The van der Waals surface area contributed by atoms with Crippen molar-refractivity contribution in [2.75, 3.05) is 10.6 Å². The number of alkyl halides is 3. The number of fused-ring (bicyclic) bond motifs is 1. The maximum Gasteiger partial charge on any atom is 0.433 e. The smallest absolute Gasteiger partial charge is 0.308 e. The van der Waals surface area contributed by atoms with Crippen molar-refractivity contribution in [3.63, 3.8) is 0 Å². The van der Waals surface area contributed by atoms with E-state index < -0.39 is 17.9 Å². The van der Waals surface area contributed by atoms with Crippen LogP contribution in [0.3, 0.4) is 0 Å². The number of amides is 2. The molecule has 134 valence electrons. The Kier molecular flexibility index (Phi) is 3.78. The molecule has 0 spiro atoms. The second-order valence-electron chi connectivity index (χ2n) is 6.09. The van der Waals surface area contributed by atoms with Gasteiger partial charge in [0.05, 0.1) is 17.4 Å². The van der Waals surface area contributed by atoms with Crippen LogP contribution in [0.15, 0.2) is 42.9 Å². The number of hydrogen-bond donors (Lipinski definition) is 2. The van der Waals surface area contributed by atoms with Gasteiger partial charge < -0.3 is 10.6 Å². The molecule has 0 aliphatic heterocycles. The van der Waals surface area contributed by atoms with Gasteiger partial charge in [-0.15, -0.1) is 0 Å². The molecule has 1 aliphatic rings. The number of urea groups is 1. The van der Waals surface area contributed by atoms with Gasteiger partial charge in [-0.05, 0) is 43.0 Å². The fourth-order valence-corrected chi connectivity index (χ4v) is 2.86. The van der Waals surface area contributed by atoms with Crippen molar-refractivity contribution in [1.82, 2.24) is 14.6 Å². The molecule has 6 nitrogen and oxygen atoms in total. The zero-order chi connectivity index (χ0) is 18.3. The summed E-state index contributed by atoms with van der Waals surface area (Å²) < 4.78 is 39.9. The van der Waals surface area contributed by atoms with E-state index in [1.807, 2.05) is 18.3 Å². The average Bonchev–Trinajstić information content (AvgIpc) is 3.30. The second-order valence-corrected chi connectivity index (χ2v) is 6.09. The largest absolute Gasteiger partial charge is 0.433 e. The van der Waals surface area contributed by atoms with Crippen LogP contribution >= 0.6 is 0 Å². The Morgan fingerprint density at radius 2 is 2.04 bits per heavy atom. The molecular formula is C17H14F3N5O. The van der Waals surface area contributed by atoms with Crippen molar-refractivity contribution in [3.8, 4) is 0 Å². The van der Waals surface area contributed by atoms with Gasteiger partial charge in [-0.2, -0.15) is 18.3 Å². The van der Waals surface area contributed by atoms with E-state index in [4.69, 9.17) is 0 Å². The normalized spacial score (nSPS) is 14.4. The Labute approximate surface area is 146 Å². The maximum atomic E-state index is 12.7. The lowest BCUT2D eigenvalue weighted by Gasteiger charge is -2.13. The maximum absolute atomic E-state index is 12.7. The number of anilines is 2. The highest BCUT2D eigenvalue weighted by Crippen LogP contribution is 2.45. The topological polar surface area (TPSA) is 71.3 Å². The summed E-state index contributed by atoms with van der Waals surface area (Å²) in [6.07, 6.45) is 1.86. The predicted octanol–water partition coefficient (Wildman–Crippen LogP) is 4.27. The van der Waals surface area contributed by atoms with Crippen LogP contribution in [-0.4, -0.2) is 20.6 Å². The second kappa shape index (κ2) is 6.01. The molecule has 4 rings (SSSR count). The first-order valence-electron chi connectivity index (χ1n) is 7.99. The number of halogens is 3. The lowest BCUT2D eigenvalue weighted by Crippen LogP contribution is -2.21. The van der Waals surface area contributed by atoms with Crippen molar-refractivity contribution in [2.24, 2.45) is 0 Å². The predicted molar refractivity (Wildman–Crippen MR) is 89.0 cm³/mol. The number of nitrogens with one attached hydrogen (secondary N) is 2. The molecule has 1 aliphatic carbocycles. The van der Waals surface area contributed by atoms with E-state index in [0.717, 1.165) is 36.2 Å². The third-order valence-corrected chi connectivity index (χ3v) is 4.15. The fourth-order valence-electron chi connectivity index (χ4n) is 2.86. The van der Waals surface area contributed by atoms with Gasteiger partial charge in [0, 0.05) is 23.6 Å². The molecule has 0 aromatic carbocycles. The molecule has 1 fully saturated rings. The van der Waals surface area contributed by atoms with Crippen molar-refractivity contribution >= 4 is 22.9 Å². The van der Waals surface area contributed by atoms with Crippen LogP contribution in [0.1, 0.15) is 30.0 Å². The average molecular weight is 361 g/mol. The van der Waals surface area contributed by atoms with Crippen LogP contribution in [-0.2, 0) is 6.18 Å². The Balaban J connectivity index is 1.56. The van der Waals surface area contributed by atoms with Gasteiger partial charge in [-0.3, -0.25) is 4.98 Å². The minimum atomic E-state index is -4.57. The molecular weight excluding hydrogens is 347 g/mol. The number of rotatable bonds is 3. The van der Waals surface area contributed by atoms with Crippen molar-refractivity contribution in [3.05, 3.63) is 54.1 Å². The van der Waals surface area contributed by atoms with E-state index in [-0.39, 0.29) is 5.69 Å². The molecule has 3 aromatic rings. The standard InChI is InChI=1S/C17H14F3N5O/c18-17(19,20)14-8-11(5-6-21-14)23-16(26)24-12-9-22-25-7-1-2-13(25)15(12)10-3-4-10/h1-2,5-10H,3-4H2,(H2,21,23,24,26). The van der Waals surface area contributed by atoms with E-state index >= 15 is 0 Å². The van der Waals surface area contributed by atoms with Gasteiger partial charge in [-0.1, -0.05) is 0 Å². The number of nitrogens with zero attached hydrogens (tertiary/aromatic N) is 3. The van der Waals surface area contributed by atoms with Gasteiger partial charge in [0.15, 0.2) is 0 Å². The van der Waals surface area contributed by atoms with Crippen molar-refractivity contribution in [1.29, 1.82) is 0 Å². The fraction of sp³-hybridized carbons (Fsp3) is 0.235.